The van der Waals surface area contributed by atoms with E-state index in [0.717, 1.165) is 27.9 Å². The Bertz CT molecular complexity index is 1290. The molecule has 2 aromatic rings. The number of nitrogens with zero attached hydrogens (tertiary/aromatic N) is 2. The number of hydrogen-bond acceptors (Lipinski definition) is 4. The highest BCUT2D eigenvalue weighted by atomic mass is 32.1. The summed E-state index contributed by atoms with van der Waals surface area (Å²) in [6.07, 6.45) is 3.92. The number of thiocarbonyl (C=S) groups is 1. The van der Waals surface area contributed by atoms with Crippen LogP contribution in [0.1, 0.15) is 56.9 Å². The summed E-state index contributed by atoms with van der Waals surface area (Å²) >= 11 is 5.34. The molecule has 0 spiro atoms. The second-order valence-corrected chi connectivity index (χ2v) is 10.3. The van der Waals surface area contributed by atoms with Gasteiger partial charge in [-0.3, -0.25) is 19.8 Å². The Morgan fingerprint density at radius 2 is 1.71 bits per heavy atom. The maximum absolute atomic E-state index is 13.4. The minimum absolute atomic E-state index is 0.0604. The topological polar surface area (TPSA) is 52.7 Å². The van der Waals surface area contributed by atoms with Gasteiger partial charge in [0.25, 0.3) is 11.8 Å². The van der Waals surface area contributed by atoms with Crippen molar-refractivity contribution in [2.75, 3.05) is 9.80 Å². The highest BCUT2D eigenvalue weighted by molar-refractivity contribution is 7.80. The lowest BCUT2D eigenvalue weighted by atomic mass is 9.86. The number of aryl methyl sites for hydroxylation is 2. The van der Waals surface area contributed by atoms with E-state index in [-0.39, 0.29) is 16.2 Å². The van der Waals surface area contributed by atoms with Crippen LogP contribution in [0.15, 0.2) is 48.0 Å². The van der Waals surface area contributed by atoms with Crippen molar-refractivity contribution in [3.05, 3.63) is 70.3 Å². The highest BCUT2D eigenvalue weighted by Gasteiger charge is 2.35. The zero-order valence-corrected chi connectivity index (χ0v) is 21.6. The van der Waals surface area contributed by atoms with Gasteiger partial charge < -0.3 is 4.90 Å². The van der Waals surface area contributed by atoms with Crippen molar-refractivity contribution < 1.29 is 9.59 Å². The van der Waals surface area contributed by atoms with E-state index >= 15 is 0 Å². The summed E-state index contributed by atoms with van der Waals surface area (Å²) in [7, 11) is 0. The predicted octanol–water partition coefficient (Wildman–Crippen LogP) is 5.55. The first kappa shape index (κ1) is 23.9. The van der Waals surface area contributed by atoms with Crippen molar-refractivity contribution in [1.29, 1.82) is 0 Å². The molecule has 34 heavy (non-hydrogen) atoms. The largest absolute Gasteiger partial charge is 0.360 e. The first-order valence-electron chi connectivity index (χ1n) is 11.5. The van der Waals surface area contributed by atoms with Crippen LogP contribution in [0.25, 0.3) is 11.6 Å². The van der Waals surface area contributed by atoms with Gasteiger partial charge in [-0.05, 0) is 113 Å². The number of carbonyl (C=O) groups is 2. The summed E-state index contributed by atoms with van der Waals surface area (Å²) < 4.78 is 0. The Hall–Kier alpha value is -3.25. The van der Waals surface area contributed by atoms with Crippen LogP contribution >= 0.6 is 12.2 Å². The third-order valence-corrected chi connectivity index (χ3v) is 6.86. The van der Waals surface area contributed by atoms with E-state index in [2.05, 4.69) is 57.0 Å². The van der Waals surface area contributed by atoms with Gasteiger partial charge in [-0.2, -0.15) is 0 Å². The Morgan fingerprint density at radius 3 is 2.35 bits per heavy atom. The molecule has 2 amide bonds. The van der Waals surface area contributed by atoms with Crippen molar-refractivity contribution in [3.63, 3.8) is 0 Å². The van der Waals surface area contributed by atoms with E-state index in [1.165, 1.54) is 10.5 Å². The molecule has 5 nitrogen and oxygen atoms in total. The number of allylic oxidation sites excluding steroid dienone is 1. The molecule has 6 heteroatoms. The second-order valence-electron chi connectivity index (χ2n) is 9.95. The number of rotatable bonds is 3. The molecule has 2 aliphatic heterocycles. The fourth-order valence-corrected chi connectivity index (χ4v) is 5.30. The minimum atomic E-state index is -0.481. The van der Waals surface area contributed by atoms with Crippen LogP contribution in [-0.4, -0.2) is 28.5 Å². The molecular weight excluding hydrogens is 442 g/mol. The van der Waals surface area contributed by atoms with Gasteiger partial charge in [0.1, 0.15) is 5.57 Å². The summed E-state index contributed by atoms with van der Waals surface area (Å²) in [4.78, 5) is 30.0. The van der Waals surface area contributed by atoms with Crippen LogP contribution in [-0.2, 0) is 9.59 Å². The normalized spacial score (nSPS) is 18.9. The Kier molecular flexibility index (Phi) is 5.98. The maximum atomic E-state index is 13.4. The van der Waals surface area contributed by atoms with E-state index in [1.807, 2.05) is 44.2 Å². The summed E-state index contributed by atoms with van der Waals surface area (Å²) in [6.45, 7) is 14.9. The van der Waals surface area contributed by atoms with Gasteiger partial charge in [0, 0.05) is 17.3 Å². The third-order valence-electron chi connectivity index (χ3n) is 6.57. The zero-order chi connectivity index (χ0) is 24.9. The lowest BCUT2D eigenvalue weighted by Gasteiger charge is -2.46. The number of anilines is 2. The molecule has 1 fully saturated rings. The average Bonchev–Trinajstić information content (AvgIpc) is 2.73. The number of carbonyl (C=O) groups excluding carboxylic acids is 2. The van der Waals surface area contributed by atoms with Gasteiger partial charge >= 0.3 is 0 Å². The Labute approximate surface area is 207 Å². The first-order valence-corrected chi connectivity index (χ1v) is 11.9. The molecule has 0 atom stereocenters. The third kappa shape index (κ3) is 4.07. The van der Waals surface area contributed by atoms with Gasteiger partial charge in [-0.1, -0.05) is 18.2 Å². The van der Waals surface area contributed by atoms with Crippen LogP contribution in [0.2, 0.25) is 0 Å². The fourth-order valence-electron chi connectivity index (χ4n) is 5.02. The number of amides is 2. The molecule has 1 saturated heterocycles. The SMILES string of the molecule is CC1=CC(C)(C)N(C(C)C)c2ccc(/C=C3\C(=O)NC(=S)N(c4ccc(C)c(C)c4)C3=O)cc21. The smallest absolute Gasteiger partial charge is 0.270 e. The van der Waals surface area contributed by atoms with Gasteiger partial charge in [-0.25, -0.2) is 0 Å². The quantitative estimate of drug-likeness (QED) is 0.361. The minimum Gasteiger partial charge on any atom is -0.360 e. The Morgan fingerprint density at radius 1 is 1.00 bits per heavy atom. The van der Waals surface area contributed by atoms with Crippen LogP contribution in [0.3, 0.4) is 0 Å². The molecule has 2 aromatic carbocycles. The summed E-state index contributed by atoms with van der Waals surface area (Å²) in [5.41, 5.74) is 6.99. The zero-order valence-electron chi connectivity index (χ0n) is 20.8. The van der Waals surface area contributed by atoms with E-state index in [9.17, 15) is 9.59 Å². The lowest BCUT2D eigenvalue weighted by Crippen LogP contribution is -2.54. The fraction of sp³-hybridized carbons (Fsp3) is 0.321. The second kappa shape index (κ2) is 8.51. The Balaban J connectivity index is 1.76. The molecule has 0 aliphatic carbocycles. The summed E-state index contributed by atoms with van der Waals surface area (Å²) in [5, 5.41) is 2.77. The monoisotopic (exact) mass is 473 g/mol. The van der Waals surface area contributed by atoms with Gasteiger partial charge in [0.15, 0.2) is 5.11 Å². The van der Waals surface area contributed by atoms with Crippen LogP contribution in [0.5, 0.6) is 0 Å². The molecule has 0 bridgehead atoms. The number of benzene rings is 2. The standard InChI is InChI=1S/C28H31N3O2S/c1-16(2)31-24-11-9-20(13-22(24)19(5)15-28(31,6)7)14-23-25(32)29-27(34)30(26(23)33)21-10-8-17(3)18(4)12-21/h8-16H,1-7H3,(H,29,32,34)/b23-14+. The van der Waals surface area contributed by atoms with Crippen molar-refractivity contribution >= 4 is 52.2 Å². The van der Waals surface area contributed by atoms with Gasteiger partial charge in [0.05, 0.1) is 11.2 Å². The molecule has 4 rings (SSSR count). The molecule has 0 unspecified atom stereocenters. The molecule has 2 heterocycles. The molecule has 2 aliphatic rings. The number of hydrogen-bond donors (Lipinski definition) is 1. The van der Waals surface area contributed by atoms with E-state index < -0.39 is 11.8 Å². The van der Waals surface area contributed by atoms with Crippen LogP contribution < -0.4 is 15.1 Å². The van der Waals surface area contributed by atoms with Crippen molar-refractivity contribution in [2.24, 2.45) is 0 Å². The van der Waals surface area contributed by atoms with Crippen molar-refractivity contribution in [2.45, 2.75) is 60.0 Å². The van der Waals surface area contributed by atoms with E-state index in [1.54, 1.807) is 6.08 Å². The predicted molar refractivity (Wildman–Crippen MR) is 144 cm³/mol. The van der Waals surface area contributed by atoms with Gasteiger partial charge in [0.2, 0.25) is 0 Å². The molecule has 0 aromatic heterocycles. The summed E-state index contributed by atoms with van der Waals surface area (Å²) in [5.74, 6) is -0.906. The molecule has 176 valence electrons. The van der Waals surface area contributed by atoms with E-state index in [0.29, 0.717) is 11.7 Å². The number of nitrogens with one attached hydrogen (secondary N) is 1. The summed E-state index contributed by atoms with van der Waals surface area (Å²) in [6, 6.07) is 12.1. The maximum Gasteiger partial charge on any atom is 0.270 e. The van der Waals surface area contributed by atoms with E-state index in [4.69, 9.17) is 12.2 Å². The van der Waals surface area contributed by atoms with Crippen molar-refractivity contribution in [3.8, 4) is 0 Å². The lowest BCUT2D eigenvalue weighted by molar-refractivity contribution is -0.122. The van der Waals surface area contributed by atoms with Crippen LogP contribution in [0, 0.1) is 13.8 Å². The first-order chi connectivity index (χ1) is 15.9. The molecule has 1 N–H and O–H groups in total. The molecule has 0 saturated carbocycles. The van der Waals surface area contributed by atoms with Crippen LogP contribution in [0.4, 0.5) is 11.4 Å². The van der Waals surface area contributed by atoms with Crippen molar-refractivity contribution in [1.82, 2.24) is 5.32 Å². The number of fused-ring (bicyclic) bond motifs is 1. The highest BCUT2D eigenvalue weighted by Crippen LogP contribution is 2.40. The van der Waals surface area contributed by atoms with Gasteiger partial charge in [-0.15, -0.1) is 0 Å². The molecular formula is C28H31N3O2S. The molecule has 0 radical (unpaired) electrons. The average molecular weight is 474 g/mol.